The van der Waals surface area contributed by atoms with Crippen LogP contribution in [0.1, 0.15) is 5.56 Å². The summed E-state index contributed by atoms with van der Waals surface area (Å²) in [5.74, 6) is 1.37. The van der Waals surface area contributed by atoms with Crippen molar-refractivity contribution in [3.8, 4) is 11.5 Å². The molecule has 0 aliphatic carbocycles. The van der Waals surface area contributed by atoms with Crippen molar-refractivity contribution in [1.82, 2.24) is 4.90 Å². The van der Waals surface area contributed by atoms with E-state index >= 15 is 0 Å². The number of fused-ring (bicyclic) bond motifs is 1. The molecule has 2 aromatic rings. The highest BCUT2D eigenvalue weighted by Gasteiger charge is 2.25. The number of carbonyl (C=O) groups is 1. The molecule has 7 heteroatoms. The summed E-state index contributed by atoms with van der Waals surface area (Å²) in [6, 6.07) is 15.0. The van der Waals surface area contributed by atoms with Crippen LogP contribution in [0, 0.1) is 0 Å². The van der Waals surface area contributed by atoms with Crippen LogP contribution in [0.4, 0.5) is 10.5 Å². The van der Waals surface area contributed by atoms with Gasteiger partial charge in [-0.1, -0.05) is 18.2 Å². The highest BCUT2D eigenvalue weighted by atomic mass is 16.6. The molecular weight excluding hydrogens is 372 g/mol. The molecule has 0 N–H and O–H groups in total. The smallest absolute Gasteiger partial charge is 0.420 e. The molecule has 1 amide bonds. The van der Waals surface area contributed by atoms with E-state index in [1.165, 1.54) is 0 Å². The van der Waals surface area contributed by atoms with E-state index < -0.39 is 0 Å². The number of para-hydroxylation sites is 1. The fourth-order valence-electron chi connectivity index (χ4n) is 3.38. The highest BCUT2D eigenvalue weighted by Crippen LogP contribution is 2.30. The Labute approximate surface area is 170 Å². The van der Waals surface area contributed by atoms with Gasteiger partial charge < -0.3 is 18.9 Å². The standard InChI is InChI=1S/C22H26N2O5/c25-22-24(17-18-3-1-2-4-21(18)29-22)19-5-7-20(8-6-19)28-16-15-27-14-11-23-9-12-26-13-10-23/h1-8H,9-17H2. The van der Waals surface area contributed by atoms with E-state index in [1.54, 1.807) is 4.90 Å². The third-order valence-electron chi connectivity index (χ3n) is 5.02. The van der Waals surface area contributed by atoms with Crippen LogP contribution in [0.15, 0.2) is 48.5 Å². The van der Waals surface area contributed by atoms with Gasteiger partial charge in [-0.15, -0.1) is 0 Å². The Morgan fingerprint density at radius 2 is 1.72 bits per heavy atom. The molecule has 0 saturated carbocycles. The van der Waals surface area contributed by atoms with Crippen molar-refractivity contribution in [2.75, 3.05) is 57.6 Å². The lowest BCUT2D eigenvalue weighted by Crippen LogP contribution is -2.38. The first-order valence-corrected chi connectivity index (χ1v) is 9.97. The lowest BCUT2D eigenvalue weighted by Gasteiger charge is -2.28. The largest absolute Gasteiger partial charge is 0.491 e. The molecule has 7 nitrogen and oxygen atoms in total. The predicted molar refractivity (Wildman–Crippen MR) is 109 cm³/mol. The van der Waals surface area contributed by atoms with E-state index in [0.717, 1.165) is 49.8 Å². The van der Waals surface area contributed by atoms with Gasteiger partial charge in [0.25, 0.3) is 0 Å². The highest BCUT2D eigenvalue weighted by molar-refractivity contribution is 5.91. The van der Waals surface area contributed by atoms with Gasteiger partial charge in [0.1, 0.15) is 18.1 Å². The quantitative estimate of drug-likeness (QED) is 0.638. The van der Waals surface area contributed by atoms with Crippen LogP contribution in [0.25, 0.3) is 0 Å². The van der Waals surface area contributed by atoms with E-state index in [9.17, 15) is 4.79 Å². The van der Waals surface area contributed by atoms with E-state index in [1.807, 2.05) is 48.5 Å². The normalized spacial score (nSPS) is 17.0. The van der Waals surface area contributed by atoms with Crippen LogP contribution < -0.4 is 14.4 Å². The number of benzene rings is 2. The number of hydrogen-bond donors (Lipinski definition) is 0. The number of nitrogens with zero attached hydrogens (tertiary/aromatic N) is 2. The third kappa shape index (κ3) is 5.26. The zero-order valence-electron chi connectivity index (χ0n) is 16.4. The first-order chi connectivity index (χ1) is 14.3. The van der Waals surface area contributed by atoms with Crippen molar-refractivity contribution < 1.29 is 23.7 Å². The Balaban J connectivity index is 1.20. The van der Waals surface area contributed by atoms with Gasteiger partial charge in [0.2, 0.25) is 0 Å². The van der Waals surface area contributed by atoms with Gasteiger partial charge in [0.15, 0.2) is 0 Å². The van der Waals surface area contributed by atoms with Crippen LogP contribution in [-0.2, 0) is 16.0 Å². The fourth-order valence-corrected chi connectivity index (χ4v) is 3.38. The molecule has 154 valence electrons. The molecular formula is C22H26N2O5. The Morgan fingerprint density at radius 3 is 2.55 bits per heavy atom. The summed E-state index contributed by atoms with van der Waals surface area (Å²) in [5.41, 5.74) is 1.76. The molecule has 2 aliphatic rings. The molecule has 2 heterocycles. The fraction of sp³-hybridized carbons (Fsp3) is 0.409. The predicted octanol–water partition coefficient (Wildman–Crippen LogP) is 2.93. The molecule has 2 aromatic carbocycles. The third-order valence-corrected chi connectivity index (χ3v) is 5.02. The second kappa shape index (κ2) is 9.73. The SMILES string of the molecule is O=C1Oc2ccccc2CN1c1ccc(OCCOCCN2CCOCC2)cc1. The molecule has 0 unspecified atom stereocenters. The van der Waals surface area contributed by atoms with Crippen LogP contribution in [0.2, 0.25) is 0 Å². The van der Waals surface area contributed by atoms with Crippen molar-refractivity contribution in [3.05, 3.63) is 54.1 Å². The Bertz CT molecular complexity index is 805. The number of morpholine rings is 1. The Hall–Kier alpha value is -2.61. The van der Waals surface area contributed by atoms with Crippen LogP contribution in [0.5, 0.6) is 11.5 Å². The van der Waals surface area contributed by atoms with E-state index in [-0.39, 0.29) is 6.09 Å². The summed E-state index contributed by atoms with van der Waals surface area (Å²) in [7, 11) is 0. The van der Waals surface area contributed by atoms with Crippen molar-refractivity contribution >= 4 is 11.8 Å². The zero-order chi connectivity index (χ0) is 19.9. The van der Waals surface area contributed by atoms with Gasteiger partial charge in [-0.3, -0.25) is 9.80 Å². The average Bonchev–Trinajstić information content (AvgIpc) is 2.77. The average molecular weight is 398 g/mol. The van der Waals surface area contributed by atoms with Gasteiger partial charge in [-0.2, -0.15) is 0 Å². The monoisotopic (exact) mass is 398 g/mol. The first-order valence-electron chi connectivity index (χ1n) is 9.97. The second-order valence-electron chi connectivity index (χ2n) is 6.97. The number of ether oxygens (including phenoxy) is 4. The summed E-state index contributed by atoms with van der Waals surface area (Å²) in [6.45, 7) is 6.70. The lowest BCUT2D eigenvalue weighted by atomic mass is 10.1. The van der Waals surface area contributed by atoms with Crippen molar-refractivity contribution in [3.63, 3.8) is 0 Å². The van der Waals surface area contributed by atoms with E-state index in [4.69, 9.17) is 18.9 Å². The van der Waals surface area contributed by atoms with E-state index in [0.29, 0.717) is 32.1 Å². The molecule has 0 bridgehead atoms. The van der Waals surface area contributed by atoms with Gasteiger partial charge in [0, 0.05) is 30.9 Å². The van der Waals surface area contributed by atoms with Gasteiger partial charge in [0.05, 0.1) is 33.0 Å². The minimum atomic E-state index is -0.369. The summed E-state index contributed by atoms with van der Waals surface area (Å²) < 4.78 is 22.1. The molecule has 1 fully saturated rings. The zero-order valence-corrected chi connectivity index (χ0v) is 16.4. The molecule has 0 atom stereocenters. The molecule has 0 radical (unpaired) electrons. The number of rotatable bonds is 8. The maximum Gasteiger partial charge on any atom is 0.420 e. The minimum absolute atomic E-state index is 0.369. The summed E-state index contributed by atoms with van der Waals surface area (Å²) in [5, 5.41) is 0. The van der Waals surface area contributed by atoms with Crippen LogP contribution >= 0.6 is 0 Å². The van der Waals surface area contributed by atoms with Crippen molar-refractivity contribution in [1.29, 1.82) is 0 Å². The molecule has 4 rings (SSSR count). The Morgan fingerprint density at radius 1 is 0.931 bits per heavy atom. The topological polar surface area (TPSA) is 60.5 Å². The Kier molecular flexibility index (Phi) is 6.61. The maximum absolute atomic E-state index is 12.3. The number of hydrogen-bond acceptors (Lipinski definition) is 6. The molecule has 0 spiro atoms. The van der Waals surface area contributed by atoms with Crippen LogP contribution in [-0.4, -0.2) is 63.7 Å². The first kappa shape index (κ1) is 19.7. The molecule has 0 aromatic heterocycles. The summed E-state index contributed by atoms with van der Waals surface area (Å²) >= 11 is 0. The van der Waals surface area contributed by atoms with Crippen molar-refractivity contribution in [2.24, 2.45) is 0 Å². The number of carbonyl (C=O) groups excluding carboxylic acids is 1. The number of anilines is 1. The van der Waals surface area contributed by atoms with Gasteiger partial charge in [-0.05, 0) is 30.3 Å². The van der Waals surface area contributed by atoms with Gasteiger partial charge >= 0.3 is 6.09 Å². The molecule has 1 saturated heterocycles. The van der Waals surface area contributed by atoms with E-state index in [2.05, 4.69) is 4.90 Å². The summed E-state index contributed by atoms with van der Waals surface area (Å²) in [6.07, 6.45) is -0.369. The second-order valence-corrected chi connectivity index (χ2v) is 6.97. The minimum Gasteiger partial charge on any atom is -0.491 e. The van der Waals surface area contributed by atoms with Crippen LogP contribution in [0.3, 0.4) is 0 Å². The molecule has 29 heavy (non-hydrogen) atoms. The summed E-state index contributed by atoms with van der Waals surface area (Å²) in [4.78, 5) is 16.2. The molecule has 2 aliphatic heterocycles. The van der Waals surface area contributed by atoms with Gasteiger partial charge in [-0.25, -0.2) is 4.79 Å². The maximum atomic E-state index is 12.3. The lowest BCUT2D eigenvalue weighted by molar-refractivity contribution is 0.0170. The number of amides is 1. The van der Waals surface area contributed by atoms with Crippen molar-refractivity contribution in [2.45, 2.75) is 6.54 Å².